The summed E-state index contributed by atoms with van der Waals surface area (Å²) in [5.41, 5.74) is 1.56. The van der Waals surface area contributed by atoms with Crippen LogP contribution in [-0.4, -0.2) is 25.7 Å². The first-order chi connectivity index (χ1) is 11.0. The van der Waals surface area contributed by atoms with E-state index >= 15 is 0 Å². The van der Waals surface area contributed by atoms with Crippen molar-refractivity contribution < 1.29 is 18.3 Å². The quantitative estimate of drug-likeness (QED) is 0.897. The minimum atomic E-state index is -3.69. The van der Waals surface area contributed by atoms with Gasteiger partial charge in [-0.1, -0.05) is 45.0 Å². The van der Waals surface area contributed by atoms with Gasteiger partial charge in [0.1, 0.15) is 15.2 Å². The molecule has 0 aliphatic rings. The second kappa shape index (κ2) is 6.04. The molecule has 2 aromatic rings. The molecule has 5 nitrogen and oxygen atoms in total. The predicted molar refractivity (Wildman–Crippen MR) is 93.2 cm³/mol. The van der Waals surface area contributed by atoms with E-state index in [0.717, 1.165) is 11.8 Å². The number of carbonyl (C=O) groups is 1. The largest absolute Gasteiger partial charge is 0.477 e. The van der Waals surface area contributed by atoms with Gasteiger partial charge in [0.2, 0.25) is 0 Å². The fraction of sp³-hybridized carbons (Fsp3) is 0.294. The molecule has 0 saturated heterocycles. The average Bonchev–Trinajstić information content (AvgIpc) is 2.86. The highest BCUT2D eigenvalue weighted by molar-refractivity contribution is 7.92. The highest BCUT2D eigenvalue weighted by Gasteiger charge is 2.28. The minimum absolute atomic E-state index is 0.0707. The molecule has 24 heavy (non-hydrogen) atoms. The molecule has 0 aliphatic carbocycles. The number of hydrogen-bond donors (Lipinski definition) is 1. The van der Waals surface area contributed by atoms with Crippen LogP contribution in [0.1, 0.15) is 41.6 Å². The molecule has 0 radical (unpaired) electrons. The standard InChI is InChI=1S/C17H17NO4S2/c1-17(2,3)11-7-5-10(6-8-11)13-12(9-18)16(24(4,21)22)23-14(13)15(19)20/h5-8H,1-4H3,(H,19,20). The summed E-state index contributed by atoms with van der Waals surface area (Å²) in [4.78, 5) is 11.4. The van der Waals surface area contributed by atoms with Crippen molar-refractivity contribution in [2.45, 2.75) is 30.4 Å². The Morgan fingerprint density at radius 1 is 1.21 bits per heavy atom. The third-order valence-corrected chi connectivity index (χ3v) is 6.57. The Bertz CT molecular complexity index is 940. The Hall–Kier alpha value is -2.17. The Morgan fingerprint density at radius 3 is 2.12 bits per heavy atom. The van der Waals surface area contributed by atoms with Crippen LogP contribution in [0.2, 0.25) is 0 Å². The Balaban J connectivity index is 2.76. The van der Waals surface area contributed by atoms with E-state index in [2.05, 4.69) is 20.8 Å². The van der Waals surface area contributed by atoms with Crippen molar-refractivity contribution in [3.63, 3.8) is 0 Å². The van der Waals surface area contributed by atoms with E-state index in [1.165, 1.54) is 0 Å². The first kappa shape index (κ1) is 18.2. The van der Waals surface area contributed by atoms with Crippen LogP contribution in [0.5, 0.6) is 0 Å². The number of thiophene rings is 1. The van der Waals surface area contributed by atoms with Crippen molar-refractivity contribution >= 4 is 27.1 Å². The first-order valence-corrected chi connectivity index (χ1v) is 9.78. The fourth-order valence-corrected chi connectivity index (χ4v) is 4.55. The van der Waals surface area contributed by atoms with E-state index in [9.17, 15) is 23.6 Å². The Kier molecular flexibility index (Phi) is 4.57. The van der Waals surface area contributed by atoms with Gasteiger partial charge in [-0.05, 0) is 16.5 Å². The number of nitriles is 1. The SMILES string of the molecule is CC(C)(C)c1ccc(-c2c(C(=O)O)sc(S(C)(=O)=O)c2C#N)cc1. The number of rotatable bonds is 3. The van der Waals surface area contributed by atoms with E-state index in [4.69, 9.17) is 0 Å². The minimum Gasteiger partial charge on any atom is -0.477 e. The molecule has 1 N–H and O–H groups in total. The maximum Gasteiger partial charge on any atom is 0.346 e. The maximum absolute atomic E-state index is 11.9. The summed E-state index contributed by atoms with van der Waals surface area (Å²) in [5, 5.41) is 18.8. The molecule has 1 heterocycles. The summed E-state index contributed by atoms with van der Waals surface area (Å²) >= 11 is 0.620. The number of carboxylic acids is 1. The van der Waals surface area contributed by atoms with Crippen molar-refractivity contribution in [3.05, 3.63) is 40.3 Å². The van der Waals surface area contributed by atoms with Gasteiger partial charge < -0.3 is 5.11 Å². The van der Waals surface area contributed by atoms with E-state index in [1.54, 1.807) is 12.1 Å². The molecule has 2 rings (SSSR count). The zero-order chi connectivity index (χ0) is 18.3. The van der Waals surface area contributed by atoms with Gasteiger partial charge in [0.25, 0.3) is 0 Å². The van der Waals surface area contributed by atoms with Gasteiger partial charge in [-0.3, -0.25) is 0 Å². The molecule has 7 heteroatoms. The first-order valence-electron chi connectivity index (χ1n) is 7.08. The lowest BCUT2D eigenvalue weighted by atomic mass is 9.86. The van der Waals surface area contributed by atoms with Gasteiger partial charge in [-0.15, -0.1) is 11.3 Å². The number of aromatic carboxylic acids is 1. The number of nitrogens with zero attached hydrogens (tertiary/aromatic N) is 1. The van der Waals surface area contributed by atoms with Crippen LogP contribution in [0.3, 0.4) is 0 Å². The van der Waals surface area contributed by atoms with Crippen LogP contribution in [0.15, 0.2) is 28.5 Å². The van der Waals surface area contributed by atoms with Crippen molar-refractivity contribution in [2.24, 2.45) is 0 Å². The Morgan fingerprint density at radius 2 is 1.75 bits per heavy atom. The van der Waals surface area contributed by atoms with Crippen molar-refractivity contribution in [2.75, 3.05) is 6.26 Å². The smallest absolute Gasteiger partial charge is 0.346 e. The molecule has 0 unspecified atom stereocenters. The molecule has 0 bridgehead atoms. The molecule has 0 amide bonds. The van der Waals surface area contributed by atoms with E-state index in [-0.39, 0.29) is 25.6 Å². The van der Waals surface area contributed by atoms with Crippen molar-refractivity contribution in [1.29, 1.82) is 5.26 Å². The topological polar surface area (TPSA) is 95.2 Å². The zero-order valence-corrected chi connectivity index (χ0v) is 15.4. The molecule has 0 saturated carbocycles. The third kappa shape index (κ3) is 3.35. The molecule has 0 fully saturated rings. The number of carboxylic acid groups (broad SMARTS) is 1. The van der Waals surface area contributed by atoms with Gasteiger partial charge >= 0.3 is 5.97 Å². The van der Waals surface area contributed by atoms with Crippen molar-refractivity contribution in [1.82, 2.24) is 0 Å². The number of hydrogen-bond acceptors (Lipinski definition) is 5. The highest BCUT2D eigenvalue weighted by atomic mass is 32.2. The maximum atomic E-state index is 11.9. The van der Waals surface area contributed by atoms with E-state index in [0.29, 0.717) is 16.9 Å². The van der Waals surface area contributed by atoms with E-state index in [1.807, 2.05) is 18.2 Å². The zero-order valence-electron chi connectivity index (χ0n) is 13.7. The van der Waals surface area contributed by atoms with Crippen LogP contribution >= 0.6 is 11.3 Å². The summed E-state index contributed by atoms with van der Waals surface area (Å²) in [7, 11) is -3.69. The summed E-state index contributed by atoms with van der Waals surface area (Å²) in [6.07, 6.45) is 0.970. The average molecular weight is 363 g/mol. The Labute approximate surface area is 145 Å². The third-order valence-electron chi connectivity index (χ3n) is 3.56. The molecule has 1 aromatic heterocycles. The molecule has 126 valence electrons. The summed E-state index contributed by atoms with van der Waals surface area (Å²) in [6.45, 7) is 6.16. The summed E-state index contributed by atoms with van der Waals surface area (Å²) < 4.78 is 23.6. The van der Waals surface area contributed by atoms with Crippen LogP contribution in [-0.2, 0) is 15.3 Å². The van der Waals surface area contributed by atoms with Crippen LogP contribution < -0.4 is 0 Å². The molecule has 1 aromatic carbocycles. The number of benzene rings is 1. The predicted octanol–water partition coefficient (Wildman–Crippen LogP) is 3.69. The second-order valence-corrected chi connectivity index (χ2v) is 9.72. The lowest BCUT2D eigenvalue weighted by Crippen LogP contribution is -2.10. The van der Waals surface area contributed by atoms with E-state index < -0.39 is 15.8 Å². The van der Waals surface area contributed by atoms with Gasteiger partial charge in [0, 0.05) is 11.8 Å². The lowest BCUT2D eigenvalue weighted by Gasteiger charge is -2.19. The normalized spacial score (nSPS) is 12.0. The molecular weight excluding hydrogens is 346 g/mol. The fourth-order valence-electron chi connectivity index (χ4n) is 2.34. The number of sulfone groups is 1. The van der Waals surface area contributed by atoms with Gasteiger partial charge in [-0.25, -0.2) is 13.2 Å². The van der Waals surface area contributed by atoms with Crippen LogP contribution in [0.4, 0.5) is 0 Å². The van der Waals surface area contributed by atoms with Gasteiger partial charge in [-0.2, -0.15) is 5.26 Å². The van der Waals surface area contributed by atoms with Gasteiger partial charge in [0.05, 0.1) is 5.56 Å². The van der Waals surface area contributed by atoms with Crippen LogP contribution in [0, 0.1) is 11.3 Å². The molecule has 0 atom stereocenters. The molecular formula is C17H17NO4S2. The lowest BCUT2D eigenvalue weighted by molar-refractivity contribution is 0.0703. The molecule has 0 aliphatic heterocycles. The summed E-state index contributed by atoms with van der Waals surface area (Å²) in [6, 6.07) is 9.03. The summed E-state index contributed by atoms with van der Waals surface area (Å²) in [5.74, 6) is -1.25. The van der Waals surface area contributed by atoms with Crippen LogP contribution in [0.25, 0.3) is 11.1 Å². The highest BCUT2D eigenvalue weighted by Crippen LogP contribution is 2.39. The second-order valence-electron chi connectivity index (χ2n) is 6.49. The molecule has 0 spiro atoms. The van der Waals surface area contributed by atoms with Crippen molar-refractivity contribution in [3.8, 4) is 17.2 Å². The van der Waals surface area contributed by atoms with Gasteiger partial charge in [0.15, 0.2) is 9.84 Å². The monoisotopic (exact) mass is 363 g/mol.